The lowest BCUT2D eigenvalue weighted by Gasteiger charge is -2.34. The first kappa shape index (κ1) is 16.8. The zero-order chi connectivity index (χ0) is 17.8. The zero-order valence-electron chi connectivity index (χ0n) is 13.6. The summed E-state index contributed by atoms with van der Waals surface area (Å²) < 4.78 is 13.3. The topological polar surface area (TPSA) is 78.7 Å². The highest BCUT2D eigenvalue weighted by Gasteiger charge is 2.25. The molecule has 7 heteroatoms. The van der Waals surface area contributed by atoms with Crippen molar-refractivity contribution in [2.45, 2.75) is 0 Å². The number of halogens is 1. The minimum absolute atomic E-state index is 0.226. The molecule has 6 nitrogen and oxygen atoms in total. The van der Waals surface area contributed by atoms with Crippen LogP contribution in [-0.4, -0.2) is 47.9 Å². The summed E-state index contributed by atoms with van der Waals surface area (Å²) in [5.74, 6) is -0.665. The Hall–Kier alpha value is -3.09. The Morgan fingerprint density at radius 2 is 1.64 bits per heavy atom. The van der Waals surface area contributed by atoms with Crippen LogP contribution in [0.2, 0.25) is 0 Å². The van der Waals surface area contributed by atoms with Gasteiger partial charge in [0, 0.05) is 43.1 Å². The second kappa shape index (κ2) is 7.21. The Morgan fingerprint density at radius 3 is 2.32 bits per heavy atom. The lowest BCUT2D eigenvalue weighted by molar-refractivity contribution is 0.0671. The fourth-order valence-corrected chi connectivity index (χ4v) is 2.74. The first-order valence-corrected chi connectivity index (χ1v) is 7.99. The number of nitrogens with one attached hydrogen (secondary N) is 1. The van der Waals surface area contributed by atoms with E-state index in [1.807, 2.05) is 0 Å². The van der Waals surface area contributed by atoms with E-state index in [2.05, 4.69) is 5.32 Å². The smallest absolute Gasteiger partial charge is 0.321 e. The number of nitrogens with two attached hydrogens (primary N) is 1. The minimum Gasteiger partial charge on any atom is -0.399 e. The number of hydrogen-bond donors (Lipinski definition) is 2. The van der Waals surface area contributed by atoms with E-state index in [1.165, 1.54) is 18.2 Å². The molecule has 0 radical (unpaired) electrons. The first-order chi connectivity index (χ1) is 12.0. The van der Waals surface area contributed by atoms with E-state index in [-0.39, 0.29) is 11.9 Å². The van der Waals surface area contributed by atoms with E-state index in [1.54, 1.807) is 40.1 Å². The van der Waals surface area contributed by atoms with Gasteiger partial charge in [-0.25, -0.2) is 9.18 Å². The fourth-order valence-electron chi connectivity index (χ4n) is 2.74. The largest absolute Gasteiger partial charge is 0.399 e. The quantitative estimate of drug-likeness (QED) is 0.823. The van der Waals surface area contributed by atoms with Crippen LogP contribution in [0.4, 0.5) is 20.6 Å². The van der Waals surface area contributed by atoms with Gasteiger partial charge in [0.1, 0.15) is 5.82 Å². The van der Waals surface area contributed by atoms with Crippen LogP contribution in [0.25, 0.3) is 0 Å². The number of benzene rings is 2. The predicted molar refractivity (Wildman–Crippen MR) is 93.7 cm³/mol. The molecule has 1 aliphatic rings. The van der Waals surface area contributed by atoms with Crippen molar-refractivity contribution in [1.82, 2.24) is 9.80 Å². The van der Waals surface area contributed by atoms with Gasteiger partial charge >= 0.3 is 6.03 Å². The maximum Gasteiger partial charge on any atom is 0.321 e. The van der Waals surface area contributed by atoms with Crippen LogP contribution in [0.3, 0.4) is 0 Å². The van der Waals surface area contributed by atoms with E-state index in [0.717, 1.165) is 0 Å². The van der Waals surface area contributed by atoms with Gasteiger partial charge in [-0.05, 0) is 36.4 Å². The second-order valence-electron chi connectivity index (χ2n) is 5.85. The lowest BCUT2D eigenvalue weighted by Crippen LogP contribution is -2.51. The number of rotatable bonds is 2. The van der Waals surface area contributed by atoms with Crippen LogP contribution < -0.4 is 11.1 Å². The Balaban J connectivity index is 1.56. The maximum absolute atomic E-state index is 13.3. The number of carbonyl (C=O) groups excluding carboxylic acids is 2. The molecule has 130 valence electrons. The summed E-state index contributed by atoms with van der Waals surface area (Å²) in [5.41, 5.74) is 7.21. The van der Waals surface area contributed by atoms with E-state index in [9.17, 15) is 14.0 Å². The van der Waals surface area contributed by atoms with Crippen LogP contribution >= 0.6 is 0 Å². The van der Waals surface area contributed by atoms with Crippen molar-refractivity contribution in [3.8, 4) is 0 Å². The molecular formula is C18H19FN4O2. The summed E-state index contributed by atoms with van der Waals surface area (Å²) in [5, 5.41) is 2.79. The van der Waals surface area contributed by atoms with E-state index >= 15 is 0 Å². The van der Waals surface area contributed by atoms with Crippen LogP contribution in [-0.2, 0) is 0 Å². The van der Waals surface area contributed by atoms with Crippen LogP contribution in [0.5, 0.6) is 0 Å². The summed E-state index contributed by atoms with van der Waals surface area (Å²) in [6, 6.07) is 12.3. The Kier molecular flexibility index (Phi) is 4.83. The number of hydrogen-bond acceptors (Lipinski definition) is 3. The standard InChI is InChI=1S/C18H19FN4O2/c19-14-4-1-3-13(11-14)17(24)22-7-9-23(10-8-22)18(25)21-16-6-2-5-15(20)12-16/h1-6,11-12H,7-10,20H2,(H,21,25). The van der Waals surface area contributed by atoms with Crippen LogP contribution in [0.15, 0.2) is 48.5 Å². The number of nitrogens with zero attached hydrogens (tertiary/aromatic N) is 2. The van der Waals surface area contributed by atoms with Gasteiger partial charge in [0.25, 0.3) is 5.91 Å². The monoisotopic (exact) mass is 342 g/mol. The number of nitrogen functional groups attached to an aromatic ring is 1. The SMILES string of the molecule is Nc1cccc(NC(=O)N2CCN(C(=O)c3cccc(F)c3)CC2)c1. The van der Waals surface area contributed by atoms with Gasteiger partial charge in [0.05, 0.1) is 0 Å². The fraction of sp³-hybridized carbons (Fsp3) is 0.222. The van der Waals surface area contributed by atoms with E-state index in [0.29, 0.717) is 43.1 Å². The van der Waals surface area contributed by atoms with Crippen molar-refractivity contribution >= 4 is 23.3 Å². The molecule has 3 amide bonds. The molecule has 0 aliphatic carbocycles. The lowest BCUT2D eigenvalue weighted by atomic mass is 10.2. The molecule has 1 aliphatic heterocycles. The van der Waals surface area contributed by atoms with Gasteiger partial charge < -0.3 is 20.9 Å². The first-order valence-electron chi connectivity index (χ1n) is 7.99. The van der Waals surface area contributed by atoms with Crippen LogP contribution in [0.1, 0.15) is 10.4 Å². The number of anilines is 2. The summed E-state index contributed by atoms with van der Waals surface area (Å²) in [4.78, 5) is 27.9. The number of piperazine rings is 1. The molecule has 1 heterocycles. The Bertz CT molecular complexity index is 788. The van der Waals surface area contributed by atoms with Crippen molar-refractivity contribution in [1.29, 1.82) is 0 Å². The summed E-state index contributed by atoms with van der Waals surface area (Å²) >= 11 is 0. The molecule has 1 saturated heterocycles. The molecule has 25 heavy (non-hydrogen) atoms. The summed E-state index contributed by atoms with van der Waals surface area (Å²) in [6.45, 7) is 1.63. The van der Waals surface area contributed by atoms with E-state index < -0.39 is 5.82 Å². The molecule has 0 saturated carbocycles. The minimum atomic E-state index is -0.439. The molecular weight excluding hydrogens is 323 g/mol. The van der Waals surface area contributed by atoms with Crippen molar-refractivity contribution in [2.24, 2.45) is 0 Å². The highest BCUT2D eigenvalue weighted by molar-refractivity contribution is 5.94. The van der Waals surface area contributed by atoms with Gasteiger partial charge in [-0.3, -0.25) is 4.79 Å². The van der Waals surface area contributed by atoms with Crippen molar-refractivity contribution in [2.75, 3.05) is 37.2 Å². The van der Waals surface area contributed by atoms with E-state index in [4.69, 9.17) is 5.73 Å². The van der Waals surface area contributed by atoms with Gasteiger partial charge in [0.2, 0.25) is 0 Å². The average molecular weight is 342 g/mol. The second-order valence-corrected chi connectivity index (χ2v) is 5.85. The predicted octanol–water partition coefficient (Wildman–Crippen LogP) is 2.40. The van der Waals surface area contributed by atoms with Crippen molar-refractivity contribution in [3.63, 3.8) is 0 Å². The summed E-state index contributed by atoms with van der Waals surface area (Å²) in [7, 11) is 0. The third-order valence-electron chi connectivity index (χ3n) is 4.06. The molecule has 3 rings (SSSR count). The third kappa shape index (κ3) is 4.06. The number of amides is 3. The molecule has 0 unspecified atom stereocenters. The average Bonchev–Trinajstić information content (AvgIpc) is 2.61. The number of carbonyl (C=O) groups is 2. The van der Waals surface area contributed by atoms with Gasteiger partial charge in [-0.2, -0.15) is 0 Å². The van der Waals surface area contributed by atoms with Gasteiger partial charge in [-0.15, -0.1) is 0 Å². The third-order valence-corrected chi connectivity index (χ3v) is 4.06. The maximum atomic E-state index is 13.3. The summed E-state index contributed by atoms with van der Waals surface area (Å²) in [6.07, 6.45) is 0. The highest BCUT2D eigenvalue weighted by atomic mass is 19.1. The zero-order valence-corrected chi connectivity index (χ0v) is 13.6. The molecule has 2 aromatic carbocycles. The Morgan fingerprint density at radius 1 is 0.960 bits per heavy atom. The van der Waals surface area contributed by atoms with Crippen LogP contribution in [0, 0.1) is 5.82 Å². The normalized spacial score (nSPS) is 14.3. The molecule has 3 N–H and O–H groups in total. The molecule has 1 fully saturated rings. The van der Waals surface area contributed by atoms with Crippen molar-refractivity contribution in [3.05, 3.63) is 59.9 Å². The highest BCUT2D eigenvalue weighted by Crippen LogP contribution is 2.14. The molecule has 0 atom stereocenters. The molecule has 0 bridgehead atoms. The van der Waals surface area contributed by atoms with Crippen molar-refractivity contribution < 1.29 is 14.0 Å². The Labute approximate surface area is 145 Å². The van der Waals surface area contributed by atoms with Gasteiger partial charge in [-0.1, -0.05) is 12.1 Å². The number of urea groups is 1. The van der Waals surface area contributed by atoms with Gasteiger partial charge in [0.15, 0.2) is 0 Å². The molecule has 2 aromatic rings. The molecule has 0 spiro atoms. The molecule has 0 aromatic heterocycles.